The average Bonchev–Trinajstić information content (AvgIpc) is 2.35. The number of hydrogen-bond acceptors (Lipinski definition) is 3. The number of halogens is 1. The summed E-state index contributed by atoms with van der Waals surface area (Å²) < 4.78 is 0. The summed E-state index contributed by atoms with van der Waals surface area (Å²) in [5, 5.41) is 8.17. The van der Waals surface area contributed by atoms with Gasteiger partial charge in [0, 0.05) is 18.6 Å². The summed E-state index contributed by atoms with van der Waals surface area (Å²) in [5.74, 6) is -0.378. The molecule has 0 aliphatic carbocycles. The fraction of sp³-hybridized carbons (Fsp3) is 0.333. The lowest BCUT2D eigenvalue weighted by atomic mass is 10.2. The first-order valence-corrected chi connectivity index (χ1v) is 5.91. The first kappa shape index (κ1) is 14.5. The molecule has 6 heteroatoms. The minimum atomic E-state index is -0.517. The standard InChI is InChI=1S/C12H16ClN3O2/c1-8(11(17)16-12(18)14-2)15-7-9-4-3-5-10(13)6-9/h3-6,8,15H,7H2,1-2H3,(H2,14,16,17,18). The largest absolute Gasteiger partial charge is 0.341 e. The van der Waals surface area contributed by atoms with Gasteiger partial charge in [0.05, 0.1) is 6.04 Å². The summed E-state index contributed by atoms with van der Waals surface area (Å²) in [7, 11) is 1.45. The van der Waals surface area contributed by atoms with Gasteiger partial charge in [0.1, 0.15) is 0 Å². The van der Waals surface area contributed by atoms with Crippen LogP contribution >= 0.6 is 11.6 Å². The molecule has 0 spiro atoms. The van der Waals surface area contributed by atoms with E-state index >= 15 is 0 Å². The van der Waals surface area contributed by atoms with E-state index in [1.54, 1.807) is 13.0 Å². The molecular weight excluding hydrogens is 254 g/mol. The zero-order valence-electron chi connectivity index (χ0n) is 10.3. The van der Waals surface area contributed by atoms with Crippen molar-refractivity contribution in [2.45, 2.75) is 19.5 Å². The molecule has 3 amide bonds. The Morgan fingerprint density at radius 1 is 1.39 bits per heavy atom. The monoisotopic (exact) mass is 269 g/mol. The summed E-state index contributed by atoms with van der Waals surface area (Å²) >= 11 is 5.85. The maximum absolute atomic E-state index is 11.5. The molecule has 1 atom stereocenters. The van der Waals surface area contributed by atoms with E-state index in [2.05, 4.69) is 16.0 Å². The number of amides is 3. The first-order valence-electron chi connectivity index (χ1n) is 5.53. The van der Waals surface area contributed by atoms with E-state index in [0.717, 1.165) is 5.56 Å². The van der Waals surface area contributed by atoms with Crippen molar-refractivity contribution in [2.24, 2.45) is 0 Å². The minimum Gasteiger partial charge on any atom is -0.341 e. The van der Waals surface area contributed by atoms with Crippen LogP contribution in [0, 0.1) is 0 Å². The van der Waals surface area contributed by atoms with E-state index in [1.165, 1.54) is 7.05 Å². The molecule has 0 fully saturated rings. The molecule has 0 aliphatic heterocycles. The predicted octanol–water partition coefficient (Wildman–Crippen LogP) is 1.27. The van der Waals surface area contributed by atoms with Crippen LogP contribution in [0.2, 0.25) is 5.02 Å². The van der Waals surface area contributed by atoms with Crippen LogP contribution in [0.5, 0.6) is 0 Å². The highest BCUT2D eigenvalue weighted by molar-refractivity contribution is 6.30. The van der Waals surface area contributed by atoms with Crippen molar-refractivity contribution in [3.63, 3.8) is 0 Å². The van der Waals surface area contributed by atoms with Crippen LogP contribution in [0.15, 0.2) is 24.3 Å². The van der Waals surface area contributed by atoms with Crippen molar-refractivity contribution in [3.8, 4) is 0 Å². The third-order valence-corrected chi connectivity index (χ3v) is 2.59. The van der Waals surface area contributed by atoms with Crippen molar-refractivity contribution in [3.05, 3.63) is 34.9 Å². The Morgan fingerprint density at radius 3 is 2.72 bits per heavy atom. The Balaban J connectivity index is 2.43. The predicted molar refractivity (Wildman–Crippen MR) is 70.4 cm³/mol. The van der Waals surface area contributed by atoms with Crippen molar-refractivity contribution in [1.29, 1.82) is 0 Å². The average molecular weight is 270 g/mol. The summed E-state index contributed by atoms with van der Waals surface area (Å²) in [6.07, 6.45) is 0. The molecule has 0 saturated carbocycles. The Kier molecular flexibility index (Phi) is 5.61. The smallest absolute Gasteiger partial charge is 0.321 e. The van der Waals surface area contributed by atoms with Gasteiger partial charge in [-0.25, -0.2) is 4.79 Å². The number of carbonyl (C=O) groups is 2. The van der Waals surface area contributed by atoms with E-state index in [1.807, 2.05) is 18.2 Å². The van der Waals surface area contributed by atoms with Gasteiger partial charge in [0.2, 0.25) is 5.91 Å². The van der Waals surface area contributed by atoms with Crippen LogP contribution < -0.4 is 16.0 Å². The number of rotatable bonds is 4. The SMILES string of the molecule is CNC(=O)NC(=O)C(C)NCc1cccc(Cl)c1. The molecule has 1 unspecified atom stereocenters. The molecule has 0 bridgehead atoms. The normalized spacial score (nSPS) is 11.7. The third kappa shape index (κ3) is 4.73. The minimum absolute atomic E-state index is 0.378. The Hall–Kier alpha value is -1.59. The zero-order valence-corrected chi connectivity index (χ0v) is 11.0. The molecule has 0 heterocycles. The van der Waals surface area contributed by atoms with Gasteiger partial charge < -0.3 is 10.6 Å². The van der Waals surface area contributed by atoms with Gasteiger partial charge in [0.25, 0.3) is 0 Å². The van der Waals surface area contributed by atoms with Gasteiger partial charge in [-0.2, -0.15) is 0 Å². The molecule has 0 aliphatic rings. The molecule has 1 aromatic rings. The fourth-order valence-corrected chi connectivity index (χ4v) is 1.51. The van der Waals surface area contributed by atoms with Gasteiger partial charge in [-0.3, -0.25) is 10.1 Å². The molecule has 0 aromatic heterocycles. The Bertz CT molecular complexity index is 437. The highest BCUT2D eigenvalue weighted by Gasteiger charge is 2.14. The molecule has 5 nitrogen and oxygen atoms in total. The molecule has 3 N–H and O–H groups in total. The van der Waals surface area contributed by atoms with Crippen LogP contribution in [-0.2, 0) is 11.3 Å². The van der Waals surface area contributed by atoms with E-state index in [9.17, 15) is 9.59 Å². The lowest BCUT2D eigenvalue weighted by molar-refractivity contribution is -0.121. The zero-order chi connectivity index (χ0) is 13.5. The highest BCUT2D eigenvalue weighted by Crippen LogP contribution is 2.10. The molecule has 1 aromatic carbocycles. The second-order valence-corrected chi connectivity index (χ2v) is 4.24. The van der Waals surface area contributed by atoms with E-state index in [4.69, 9.17) is 11.6 Å². The van der Waals surface area contributed by atoms with Crippen LogP contribution in [-0.4, -0.2) is 25.0 Å². The van der Waals surface area contributed by atoms with Crippen LogP contribution in [0.3, 0.4) is 0 Å². The second-order valence-electron chi connectivity index (χ2n) is 3.80. The molecule has 0 saturated heterocycles. The van der Waals surface area contributed by atoms with Gasteiger partial charge in [-0.15, -0.1) is 0 Å². The lowest BCUT2D eigenvalue weighted by Crippen LogP contribution is -2.47. The lowest BCUT2D eigenvalue weighted by Gasteiger charge is -2.13. The highest BCUT2D eigenvalue weighted by atomic mass is 35.5. The number of nitrogens with one attached hydrogen (secondary N) is 3. The number of hydrogen-bond donors (Lipinski definition) is 3. The maximum atomic E-state index is 11.5. The second kappa shape index (κ2) is 6.98. The first-order chi connectivity index (χ1) is 8.52. The van der Waals surface area contributed by atoms with Crippen LogP contribution in [0.25, 0.3) is 0 Å². The van der Waals surface area contributed by atoms with Gasteiger partial charge in [-0.1, -0.05) is 23.7 Å². The number of benzene rings is 1. The topological polar surface area (TPSA) is 70.2 Å². The van der Waals surface area contributed by atoms with Crippen molar-refractivity contribution < 1.29 is 9.59 Å². The van der Waals surface area contributed by atoms with Crippen molar-refractivity contribution in [2.75, 3.05) is 7.05 Å². The number of imide groups is 1. The molecular formula is C12H16ClN3O2. The molecule has 0 radical (unpaired) electrons. The quantitative estimate of drug-likeness (QED) is 0.771. The van der Waals surface area contributed by atoms with Crippen LogP contribution in [0.4, 0.5) is 4.79 Å². The summed E-state index contributed by atoms with van der Waals surface area (Å²) in [4.78, 5) is 22.5. The van der Waals surface area contributed by atoms with Crippen molar-refractivity contribution in [1.82, 2.24) is 16.0 Å². The summed E-state index contributed by atoms with van der Waals surface area (Å²) in [5.41, 5.74) is 0.974. The number of carbonyl (C=O) groups excluding carboxylic acids is 2. The van der Waals surface area contributed by atoms with Gasteiger partial charge in [0.15, 0.2) is 0 Å². The third-order valence-electron chi connectivity index (χ3n) is 2.36. The number of urea groups is 1. The van der Waals surface area contributed by atoms with E-state index in [-0.39, 0.29) is 5.91 Å². The fourth-order valence-electron chi connectivity index (χ4n) is 1.29. The Morgan fingerprint density at radius 2 is 2.11 bits per heavy atom. The molecule has 1 rings (SSSR count). The summed E-state index contributed by atoms with van der Waals surface area (Å²) in [6.45, 7) is 2.19. The van der Waals surface area contributed by atoms with Crippen molar-refractivity contribution >= 4 is 23.5 Å². The van der Waals surface area contributed by atoms with E-state index in [0.29, 0.717) is 11.6 Å². The van der Waals surface area contributed by atoms with E-state index < -0.39 is 12.1 Å². The molecule has 18 heavy (non-hydrogen) atoms. The maximum Gasteiger partial charge on any atom is 0.321 e. The Labute approximate surface area is 111 Å². The van der Waals surface area contributed by atoms with Gasteiger partial charge in [-0.05, 0) is 24.6 Å². The van der Waals surface area contributed by atoms with Gasteiger partial charge >= 0.3 is 6.03 Å². The summed E-state index contributed by atoms with van der Waals surface area (Å²) in [6, 6.07) is 6.36. The molecule has 98 valence electrons. The van der Waals surface area contributed by atoms with Crippen LogP contribution in [0.1, 0.15) is 12.5 Å².